The lowest BCUT2D eigenvalue weighted by Gasteiger charge is -2.35. The van der Waals surface area contributed by atoms with E-state index in [1.165, 1.54) is 6.42 Å². The molecule has 1 aliphatic carbocycles. The van der Waals surface area contributed by atoms with E-state index in [1.54, 1.807) is 7.11 Å². The number of carbonyl (C=O) groups is 1. The Bertz CT molecular complexity index is 477. The second kappa shape index (κ2) is 8.52. The van der Waals surface area contributed by atoms with Gasteiger partial charge in [-0.1, -0.05) is 6.42 Å². The summed E-state index contributed by atoms with van der Waals surface area (Å²) in [5, 5.41) is 0. The van der Waals surface area contributed by atoms with Gasteiger partial charge in [-0.15, -0.1) is 0 Å². The Hall–Kier alpha value is -0.730. The lowest BCUT2D eigenvalue weighted by atomic mass is 9.94. The van der Waals surface area contributed by atoms with Gasteiger partial charge in [0.1, 0.15) is 18.3 Å². The van der Waals surface area contributed by atoms with Gasteiger partial charge >= 0.3 is 5.97 Å². The minimum Gasteiger partial charge on any atom is -0.456 e. The summed E-state index contributed by atoms with van der Waals surface area (Å²) >= 11 is 0. The molecule has 150 valence electrons. The highest BCUT2D eigenvalue weighted by atomic mass is 16.8. The fourth-order valence-electron chi connectivity index (χ4n) is 4.28. The van der Waals surface area contributed by atoms with Crippen molar-refractivity contribution < 1.29 is 33.2 Å². The van der Waals surface area contributed by atoms with Gasteiger partial charge in [-0.3, -0.25) is 4.79 Å². The molecule has 0 amide bonds. The van der Waals surface area contributed by atoms with Crippen molar-refractivity contribution in [1.29, 1.82) is 0 Å². The molecule has 3 rings (SSSR count). The maximum Gasteiger partial charge on any atom is 0.311 e. The van der Waals surface area contributed by atoms with Crippen LogP contribution in [0.3, 0.4) is 0 Å². The van der Waals surface area contributed by atoms with Crippen LogP contribution in [0.25, 0.3) is 0 Å². The molecule has 0 aromatic heterocycles. The summed E-state index contributed by atoms with van der Waals surface area (Å²) in [5.74, 6) is -1.13. The van der Waals surface area contributed by atoms with Crippen molar-refractivity contribution in [2.24, 2.45) is 5.92 Å². The topological polar surface area (TPSA) is 72.5 Å². The van der Waals surface area contributed by atoms with Gasteiger partial charge in [-0.2, -0.15) is 0 Å². The van der Waals surface area contributed by atoms with Crippen molar-refractivity contribution in [3.8, 4) is 0 Å². The molecule has 0 N–H and O–H groups in total. The zero-order chi connectivity index (χ0) is 18.7. The first-order valence-electron chi connectivity index (χ1n) is 9.82. The fraction of sp³-hybridized carbons (Fsp3) is 0.947. The lowest BCUT2D eigenvalue weighted by molar-refractivity contribution is -0.240. The first-order chi connectivity index (χ1) is 12.5. The average Bonchev–Trinajstić information content (AvgIpc) is 3.15. The van der Waals surface area contributed by atoms with Gasteiger partial charge in [0.05, 0.1) is 12.5 Å². The Balaban J connectivity index is 1.76. The summed E-state index contributed by atoms with van der Waals surface area (Å²) in [6.07, 6.45) is 3.01. The van der Waals surface area contributed by atoms with Gasteiger partial charge in [0.2, 0.25) is 0 Å². The van der Waals surface area contributed by atoms with Gasteiger partial charge in [0, 0.05) is 26.6 Å². The summed E-state index contributed by atoms with van der Waals surface area (Å²) < 4.78 is 35.3. The van der Waals surface area contributed by atoms with E-state index < -0.39 is 24.3 Å². The van der Waals surface area contributed by atoms with Crippen LogP contribution in [0.5, 0.6) is 0 Å². The van der Waals surface area contributed by atoms with Crippen molar-refractivity contribution in [3.63, 3.8) is 0 Å². The average molecular weight is 372 g/mol. The number of esters is 1. The fourth-order valence-corrected chi connectivity index (χ4v) is 4.28. The summed E-state index contributed by atoms with van der Waals surface area (Å²) in [4.78, 5) is 12.1. The highest BCUT2D eigenvalue weighted by Gasteiger charge is 2.54. The Morgan fingerprint density at radius 1 is 1.27 bits per heavy atom. The minimum absolute atomic E-state index is 0.272. The van der Waals surface area contributed by atoms with Crippen molar-refractivity contribution in [1.82, 2.24) is 0 Å². The molecule has 0 bridgehead atoms. The molecule has 1 unspecified atom stereocenters. The largest absolute Gasteiger partial charge is 0.456 e. The molecule has 1 saturated carbocycles. The predicted molar refractivity (Wildman–Crippen MR) is 92.4 cm³/mol. The standard InChI is InChI=1S/C19H32O7/c1-5-22-13(3)24-16(17-15(21-4)12(2)18(20)25-17)14-11-23-19(26-14)9-7-6-8-10-19/h12-17H,5-11H2,1-4H3/t12-,13?,14-,15+,16-,17-/m1/s1. The third-order valence-electron chi connectivity index (χ3n) is 5.65. The Labute approximate surface area is 155 Å². The first-order valence-corrected chi connectivity index (χ1v) is 9.82. The molecule has 0 aromatic carbocycles. The minimum atomic E-state index is -0.544. The highest BCUT2D eigenvalue weighted by Crippen LogP contribution is 2.41. The molecule has 6 atom stereocenters. The van der Waals surface area contributed by atoms with Gasteiger partial charge in [-0.05, 0) is 33.6 Å². The van der Waals surface area contributed by atoms with Crippen LogP contribution in [-0.2, 0) is 33.2 Å². The van der Waals surface area contributed by atoms with Gasteiger partial charge in [0.25, 0.3) is 0 Å². The molecule has 0 radical (unpaired) electrons. The van der Waals surface area contributed by atoms with Crippen molar-refractivity contribution in [3.05, 3.63) is 0 Å². The van der Waals surface area contributed by atoms with Crippen LogP contribution in [0.15, 0.2) is 0 Å². The van der Waals surface area contributed by atoms with Gasteiger partial charge in [0.15, 0.2) is 18.2 Å². The molecular weight excluding hydrogens is 340 g/mol. The zero-order valence-electron chi connectivity index (χ0n) is 16.3. The van der Waals surface area contributed by atoms with E-state index in [-0.39, 0.29) is 24.1 Å². The number of carbonyl (C=O) groups excluding carboxylic acids is 1. The lowest BCUT2D eigenvalue weighted by Crippen LogP contribution is -2.49. The van der Waals surface area contributed by atoms with Crippen molar-refractivity contribution >= 4 is 5.97 Å². The molecule has 0 aromatic rings. The molecule has 2 saturated heterocycles. The van der Waals surface area contributed by atoms with Gasteiger partial charge in [-0.25, -0.2) is 0 Å². The number of methoxy groups -OCH3 is 1. The maximum atomic E-state index is 12.1. The van der Waals surface area contributed by atoms with E-state index >= 15 is 0 Å². The monoisotopic (exact) mass is 372 g/mol. The molecular formula is C19H32O7. The number of hydrogen-bond donors (Lipinski definition) is 0. The number of rotatable bonds is 7. The molecule has 2 heterocycles. The number of hydrogen-bond acceptors (Lipinski definition) is 7. The third kappa shape index (κ3) is 4.07. The van der Waals surface area contributed by atoms with E-state index in [9.17, 15) is 4.79 Å². The smallest absolute Gasteiger partial charge is 0.311 e. The maximum absolute atomic E-state index is 12.1. The van der Waals surface area contributed by atoms with Crippen LogP contribution in [0.2, 0.25) is 0 Å². The number of cyclic esters (lactones) is 1. The Kier molecular flexibility index (Phi) is 6.56. The van der Waals surface area contributed by atoms with E-state index in [1.807, 2.05) is 20.8 Å². The Morgan fingerprint density at radius 2 is 2.00 bits per heavy atom. The summed E-state index contributed by atoms with van der Waals surface area (Å²) in [6.45, 7) is 6.52. The normalized spacial score (nSPS) is 36.2. The second-order valence-corrected chi connectivity index (χ2v) is 7.45. The van der Waals surface area contributed by atoms with Crippen LogP contribution in [-0.4, -0.2) is 62.8 Å². The predicted octanol–water partition coefficient (Wildman–Crippen LogP) is 2.41. The number of ether oxygens (including phenoxy) is 6. The summed E-state index contributed by atoms with van der Waals surface area (Å²) in [7, 11) is 1.59. The molecule has 1 spiro atoms. The van der Waals surface area contributed by atoms with Crippen molar-refractivity contribution in [2.75, 3.05) is 20.3 Å². The van der Waals surface area contributed by atoms with E-state index in [0.717, 1.165) is 25.7 Å². The first kappa shape index (κ1) is 20.0. The Morgan fingerprint density at radius 3 is 2.65 bits per heavy atom. The summed E-state index contributed by atoms with van der Waals surface area (Å²) in [6, 6.07) is 0. The third-order valence-corrected chi connectivity index (χ3v) is 5.65. The van der Waals surface area contributed by atoms with Crippen LogP contribution < -0.4 is 0 Å². The van der Waals surface area contributed by atoms with E-state index in [0.29, 0.717) is 13.2 Å². The molecule has 3 fully saturated rings. The van der Waals surface area contributed by atoms with E-state index in [2.05, 4.69) is 0 Å². The molecule has 2 aliphatic heterocycles. The van der Waals surface area contributed by atoms with Crippen LogP contribution in [0, 0.1) is 5.92 Å². The zero-order valence-corrected chi connectivity index (χ0v) is 16.3. The molecule has 7 nitrogen and oxygen atoms in total. The molecule has 26 heavy (non-hydrogen) atoms. The van der Waals surface area contributed by atoms with Crippen molar-refractivity contribution in [2.45, 2.75) is 89.4 Å². The molecule has 3 aliphatic rings. The summed E-state index contributed by atoms with van der Waals surface area (Å²) in [5.41, 5.74) is 0. The van der Waals surface area contributed by atoms with Crippen LogP contribution >= 0.6 is 0 Å². The quantitative estimate of drug-likeness (QED) is 0.502. The van der Waals surface area contributed by atoms with E-state index in [4.69, 9.17) is 28.4 Å². The van der Waals surface area contributed by atoms with Crippen LogP contribution in [0.4, 0.5) is 0 Å². The molecule has 7 heteroatoms. The van der Waals surface area contributed by atoms with Crippen LogP contribution in [0.1, 0.15) is 52.9 Å². The second-order valence-electron chi connectivity index (χ2n) is 7.45. The van der Waals surface area contributed by atoms with Gasteiger partial charge < -0.3 is 28.4 Å². The SMILES string of the molecule is CCOC(C)O[C@@H]([C@@H]1OC(=O)[C@H](C)[C@@H]1OC)[C@H]1COC2(CCCCC2)O1. The highest BCUT2D eigenvalue weighted by molar-refractivity contribution is 5.75.